The fraction of sp³-hybridized carbons (Fsp3) is 0.714. The van der Waals surface area contributed by atoms with Crippen molar-refractivity contribution < 1.29 is 14.7 Å². The van der Waals surface area contributed by atoms with Crippen molar-refractivity contribution in [3.63, 3.8) is 0 Å². The first-order chi connectivity index (χ1) is 6.56. The second-order valence-electron chi connectivity index (χ2n) is 3.31. The molecule has 7 heteroatoms. The molecule has 1 aliphatic rings. The molecule has 1 fully saturated rings. The van der Waals surface area contributed by atoms with Gasteiger partial charge in [-0.2, -0.15) is 0 Å². The molecule has 4 unspecified atom stereocenters. The van der Waals surface area contributed by atoms with Gasteiger partial charge in [0.25, 0.3) is 0 Å². The second-order valence-corrected chi connectivity index (χ2v) is 4.27. The number of aliphatic carboxylic acids is 1. The maximum absolute atomic E-state index is 11.5. The van der Waals surface area contributed by atoms with Crippen molar-refractivity contribution in [1.29, 1.82) is 0 Å². The number of hydrogen-bond donors (Lipinski definition) is 2. The van der Waals surface area contributed by atoms with Gasteiger partial charge in [0.1, 0.15) is 6.04 Å². The molecule has 1 aliphatic heterocycles. The van der Waals surface area contributed by atoms with Gasteiger partial charge in [-0.25, -0.2) is 0 Å². The molecule has 0 aromatic rings. The number of hydrogen-bond acceptors (Lipinski definition) is 3. The van der Waals surface area contributed by atoms with Crippen molar-refractivity contribution in [2.75, 3.05) is 6.54 Å². The van der Waals surface area contributed by atoms with Gasteiger partial charge in [0.15, 0.2) is 0 Å². The summed E-state index contributed by atoms with van der Waals surface area (Å²) in [6, 6.07) is -0.662. The standard InChI is InChI=1S/C7H14N2O3P2/c10-6-4(1-2-9(6)14)3-5(8-13)7(11)12/h4-5,8H,1-3,13-14H2,(H,11,12). The predicted molar refractivity (Wildman–Crippen MR) is 58.4 cm³/mol. The van der Waals surface area contributed by atoms with Crippen molar-refractivity contribution in [3.8, 4) is 0 Å². The first-order valence-electron chi connectivity index (χ1n) is 4.31. The van der Waals surface area contributed by atoms with Crippen LogP contribution in [0.25, 0.3) is 0 Å². The van der Waals surface area contributed by atoms with Gasteiger partial charge < -0.3 is 9.78 Å². The highest BCUT2D eigenvalue weighted by atomic mass is 31.0. The Morgan fingerprint density at radius 1 is 1.79 bits per heavy atom. The largest absolute Gasteiger partial charge is 0.480 e. The molecule has 14 heavy (non-hydrogen) atoms. The van der Waals surface area contributed by atoms with E-state index >= 15 is 0 Å². The topological polar surface area (TPSA) is 69.6 Å². The van der Waals surface area contributed by atoms with Gasteiger partial charge in [-0.05, 0) is 22.2 Å². The van der Waals surface area contributed by atoms with E-state index in [-0.39, 0.29) is 11.8 Å². The van der Waals surface area contributed by atoms with E-state index in [2.05, 4.69) is 23.9 Å². The Morgan fingerprint density at radius 2 is 2.43 bits per heavy atom. The predicted octanol–water partition coefficient (Wildman–Crippen LogP) is -0.152. The van der Waals surface area contributed by atoms with E-state index in [4.69, 9.17) is 5.11 Å². The molecule has 0 aliphatic carbocycles. The monoisotopic (exact) mass is 236 g/mol. The van der Waals surface area contributed by atoms with Crippen molar-refractivity contribution in [2.45, 2.75) is 18.9 Å². The summed E-state index contributed by atoms with van der Waals surface area (Å²) in [5.41, 5.74) is 0. The molecule has 0 bridgehead atoms. The highest BCUT2D eigenvalue weighted by Gasteiger charge is 2.32. The number of carboxylic acid groups (broad SMARTS) is 1. The van der Waals surface area contributed by atoms with E-state index in [0.717, 1.165) is 6.42 Å². The molecule has 1 rings (SSSR count). The normalized spacial score (nSPS) is 24.0. The number of nitrogens with zero attached hydrogens (tertiary/aromatic N) is 1. The minimum atomic E-state index is -0.921. The van der Waals surface area contributed by atoms with Gasteiger partial charge in [0.2, 0.25) is 5.91 Å². The maximum Gasteiger partial charge on any atom is 0.320 e. The van der Waals surface area contributed by atoms with Gasteiger partial charge in [-0.1, -0.05) is 9.39 Å². The average molecular weight is 236 g/mol. The number of nitrogens with one attached hydrogen (secondary N) is 1. The molecule has 1 saturated heterocycles. The van der Waals surface area contributed by atoms with Crippen molar-refractivity contribution >= 4 is 30.7 Å². The smallest absolute Gasteiger partial charge is 0.320 e. The van der Waals surface area contributed by atoms with Crippen LogP contribution >= 0.6 is 18.8 Å². The van der Waals surface area contributed by atoms with Gasteiger partial charge in [0, 0.05) is 12.5 Å². The van der Waals surface area contributed by atoms with Gasteiger partial charge in [0.05, 0.1) is 0 Å². The van der Waals surface area contributed by atoms with Crippen molar-refractivity contribution in [2.24, 2.45) is 5.92 Å². The zero-order valence-corrected chi connectivity index (χ0v) is 9.95. The first-order valence-corrected chi connectivity index (χ1v) is 5.40. The molecule has 2 N–H and O–H groups in total. The Morgan fingerprint density at radius 3 is 2.79 bits per heavy atom. The number of rotatable bonds is 4. The van der Waals surface area contributed by atoms with Gasteiger partial charge in [-0.15, -0.1) is 0 Å². The van der Waals surface area contributed by atoms with Crippen LogP contribution in [0.15, 0.2) is 0 Å². The summed E-state index contributed by atoms with van der Waals surface area (Å²) in [5.74, 6) is -1.07. The fourth-order valence-corrected chi connectivity index (χ4v) is 2.14. The van der Waals surface area contributed by atoms with Crippen LogP contribution in [-0.4, -0.2) is 34.2 Å². The van der Waals surface area contributed by atoms with Crippen LogP contribution in [0.1, 0.15) is 12.8 Å². The Bertz CT molecular complexity index is 249. The number of carbonyl (C=O) groups excluding carboxylic acids is 1. The van der Waals surface area contributed by atoms with Crippen LogP contribution in [0.3, 0.4) is 0 Å². The molecule has 0 radical (unpaired) electrons. The summed E-state index contributed by atoms with van der Waals surface area (Å²) in [6.45, 7) is 0.692. The summed E-state index contributed by atoms with van der Waals surface area (Å²) in [7, 11) is 4.52. The zero-order valence-electron chi connectivity index (χ0n) is 7.64. The van der Waals surface area contributed by atoms with Crippen LogP contribution in [0.5, 0.6) is 0 Å². The molecule has 5 nitrogen and oxygen atoms in total. The third-order valence-corrected chi connectivity index (χ3v) is 3.29. The molecule has 1 amide bonds. The minimum Gasteiger partial charge on any atom is -0.480 e. The lowest BCUT2D eigenvalue weighted by atomic mass is 9.99. The Labute approximate surface area is 87.1 Å². The summed E-state index contributed by atoms with van der Waals surface area (Å²) in [6.07, 6.45) is 1.08. The molecule has 80 valence electrons. The summed E-state index contributed by atoms with van der Waals surface area (Å²) in [4.78, 5) is 22.2. The minimum absolute atomic E-state index is 0.0153. The summed E-state index contributed by atoms with van der Waals surface area (Å²) in [5, 5.41) is 11.4. The van der Waals surface area contributed by atoms with Crippen LogP contribution in [0.4, 0.5) is 0 Å². The molecule has 0 aromatic heterocycles. The lowest BCUT2D eigenvalue weighted by Crippen LogP contribution is -2.34. The molecular formula is C7H14N2O3P2. The molecule has 4 atom stereocenters. The van der Waals surface area contributed by atoms with Crippen LogP contribution < -0.4 is 5.09 Å². The maximum atomic E-state index is 11.5. The average Bonchev–Trinajstić information content (AvgIpc) is 2.44. The fourth-order valence-electron chi connectivity index (χ4n) is 1.51. The highest BCUT2D eigenvalue weighted by Crippen LogP contribution is 2.25. The number of carboxylic acids is 1. The summed E-state index contributed by atoms with van der Waals surface area (Å²) < 4.78 is 1.56. The Kier molecular flexibility index (Phi) is 4.24. The van der Waals surface area contributed by atoms with Crippen LogP contribution in [0.2, 0.25) is 0 Å². The van der Waals surface area contributed by atoms with Gasteiger partial charge in [-0.3, -0.25) is 14.7 Å². The Balaban J connectivity index is 2.51. The lowest BCUT2D eigenvalue weighted by molar-refractivity contribution is -0.139. The van der Waals surface area contributed by atoms with E-state index in [0.29, 0.717) is 13.0 Å². The van der Waals surface area contributed by atoms with Gasteiger partial charge >= 0.3 is 5.97 Å². The van der Waals surface area contributed by atoms with E-state index in [1.165, 1.54) is 0 Å². The van der Waals surface area contributed by atoms with E-state index in [1.807, 2.05) is 0 Å². The third-order valence-electron chi connectivity index (χ3n) is 2.37. The second kappa shape index (κ2) is 5.01. The van der Waals surface area contributed by atoms with Crippen LogP contribution in [0, 0.1) is 5.92 Å². The van der Waals surface area contributed by atoms with Crippen LogP contribution in [-0.2, 0) is 9.59 Å². The quantitative estimate of drug-likeness (QED) is 0.666. The zero-order chi connectivity index (χ0) is 10.7. The number of carbonyl (C=O) groups is 2. The van der Waals surface area contributed by atoms with Crippen molar-refractivity contribution in [1.82, 2.24) is 9.76 Å². The SMILES string of the molecule is O=C(O)C(CC1CCN(P)C1=O)NP. The molecule has 0 aromatic carbocycles. The first kappa shape index (κ1) is 11.8. The summed E-state index contributed by atoms with van der Waals surface area (Å²) >= 11 is 0. The molecule has 0 saturated carbocycles. The number of amides is 1. The van der Waals surface area contributed by atoms with E-state index in [1.54, 1.807) is 4.67 Å². The third kappa shape index (κ3) is 2.63. The molecular weight excluding hydrogens is 222 g/mol. The Hall–Kier alpha value is -0.240. The van der Waals surface area contributed by atoms with E-state index in [9.17, 15) is 9.59 Å². The van der Waals surface area contributed by atoms with E-state index < -0.39 is 12.0 Å². The molecule has 1 heterocycles. The highest BCUT2D eigenvalue weighted by molar-refractivity contribution is 7.14. The lowest BCUT2D eigenvalue weighted by Gasteiger charge is -2.14. The molecule has 0 spiro atoms. The van der Waals surface area contributed by atoms with Crippen molar-refractivity contribution in [3.05, 3.63) is 0 Å².